The minimum Gasteiger partial charge on any atom is -0.457 e. The summed E-state index contributed by atoms with van der Waals surface area (Å²) in [6.45, 7) is 7.61. The molecule has 0 aromatic heterocycles. The molecule has 13 rings (SSSR count). The van der Waals surface area contributed by atoms with Crippen molar-refractivity contribution in [3.8, 4) is 45.3 Å². The molecule has 0 aliphatic heterocycles. The summed E-state index contributed by atoms with van der Waals surface area (Å²) >= 11 is 0. The maximum absolute atomic E-state index is 17.1. The standard InChI is InChI=1S/C72H43F8NO2/c1-3-42-18-28-49(29-19-42)82-51-32-22-44(23-33-51)71(65-61(73)40-63(75)67(77)69(65)79)57-16-10-8-14-53(57)55-36-26-47(38-59(55)71)81(46-12-6-5-7-13-46)48-27-37-56-54-15-9-11-17-58(54)72(60(56)39-48,66-62(74)41-64(76)68(78)70(66)80)45-24-34-52(35-25-45)83-50-30-20-43(4-2)21-31-50/h3-41H,1-2H2. The fourth-order valence-electron chi connectivity index (χ4n) is 12.3. The molecule has 2 aliphatic rings. The van der Waals surface area contributed by atoms with Crippen LogP contribution < -0.4 is 14.4 Å². The van der Waals surface area contributed by atoms with Gasteiger partial charge in [0.2, 0.25) is 0 Å². The van der Waals surface area contributed by atoms with Crippen molar-refractivity contribution in [2.45, 2.75) is 10.8 Å². The second kappa shape index (κ2) is 20.4. The number of halogens is 8. The van der Waals surface area contributed by atoms with Crippen LogP contribution in [0, 0.1) is 46.5 Å². The summed E-state index contributed by atoms with van der Waals surface area (Å²) in [6, 6.07) is 61.7. The maximum Gasteiger partial charge on any atom is 0.194 e. The molecular weight excluding hydrogens is 1060 g/mol. The average Bonchev–Trinajstić information content (AvgIpc) is 1.68. The summed E-state index contributed by atoms with van der Waals surface area (Å²) in [7, 11) is 0. The highest BCUT2D eigenvalue weighted by atomic mass is 19.2. The topological polar surface area (TPSA) is 21.7 Å². The number of ether oxygens (including phenoxy) is 2. The highest BCUT2D eigenvalue weighted by Crippen LogP contribution is 2.61. The Bertz CT molecular complexity index is 4130. The van der Waals surface area contributed by atoms with Gasteiger partial charge in [-0.05, 0) is 152 Å². The first kappa shape index (κ1) is 52.1. The van der Waals surface area contributed by atoms with Crippen LogP contribution in [0.3, 0.4) is 0 Å². The van der Waals surface area contributed by atoms with Crippen LogP contribution in [-0.4, -0.2) is 0 Å². The van der Waals surface area contributed by atoms with E-state index >= 15 is 35.1 Å². The first-order chi connectivity index (χ1) is 40.3. The maximum atomic E-state index is 17.1. The van der Waals surface area contributed by atoms with E-state index in [1.54, 1.807) is 182 Å². The van der Waals surface area contributed by atoms with Crippen molar-refractivity contribution in [1.29, 1.82) is 0 Å². The van der Waals surface area contributed by atoms with E-state index in [1.807, 2.05) is 47.4 Å². The molecule has 11 heteroatoms. The van der Waals surface area contributed by atoms with Crippen molar-refractivity contribution in [3.05, 3.63) is 340 Å². The van der Waals surface area contributed by atoms with E-state index in [1.165, 1.54) is 0 Å². The zero-order valence-corrected chi connectivity index (χ0v) is 43.7. The Kier molecular flexibility index (Phi) is 12.8. The Morgan fingerprint density at radius 1 is 0.313 bits per heavy atom. The number of nitrogens with zero attached hydrogens (tertiary/aromatic N) is 1. The van der Waals surface area contributed by atoms with Gasteiger partial charge < -0.3 is 14.4 Å². The van der Waals surface area contributed by atoms with E-state index < -0.39 is 68.5 Å². The predicted octanol–water partition coefficient (Wildman–Crippen LogP) is 19.9. The molecule has 2 atom stereocenters. The van der Waals surface area contributed by atoms with Crippen LogP contribution in [0.25, 0.3) is 34.4 Å². The van der Waals surface area contributed by atoms with Gasteiger partial charge in [-0.1, -0.05) is 153 Å². The molecule has 404 valence electrons. The third-order valence-corrected chi connectivity index (χ3v) is 15.8. The molecule has 0 bridgehead atoms. The van der Waals surface area contributed by atoms with Gasteiger partial charge in [0.1, 0.15) is 34.6 Å². The highest BCUT2D eigenvalue weighted by molar-refractivity contribution is 5.92. The molecule has 0 saturated carbocycles. The number of anilines is 3. The third kappa shape index (κ3) is 8.24. The number of benzene rings is 11. The summed E-state index contributed by atoms with van der Waals surface area (Å²) in [6.07, 6.45) is 3.39. The van der Waals surface area contributed by atoms with Crippen LogP contribution in [0.15, 0.2) is 238 Å². The molecule has 11 aromatic rings. The second-order valence-corrected chi connectivity index (χ2v) is 20.2. The molecule has 0 fully saturated rings. The Balaban J connectivity index is 1.04. The van der Waals surface area contributed by atoms with Crippen molar-refractivity contribution in [2.24, 2.45) is 0 Å². The molecule has 0 amide bonds. The van der Waals surface area contributed by atoms with Crippen LogP contribution in [0.2, 0.25) is 0 Å². The molecule has 0 saturated heterocycles. The molecule has 0 spiro atoms. The minimum atomic E-state index is -2.00. The summed E-state index contributed by atoms with van der Waals surface area (Å²) in [4.78, 5) is 1.83. The van der Waals surface area contributed by atoms with Crippen LogP contribution in [0.1, 0.15) is 55.6 Å². The van der Waals surface area contributed by atoms with Gasteiger partial charge in [-0.25, -0.2) is 35.1 Å². The summed E-state index contributed by atoms with van der Waals surface area (Å²) in [5.41, 5.74) is 1.61. The van der Waals surface area contributed by atoms with E-state index in [-0.39, 0.29) is 11.1 Å². The number of fused-ring (bicyclic) bond motifs is 6. The first-order valence-electron chi connectivity index (χ1n) is 26.4. The van der Waals surface area contributed by atoms with E-state index in [0.29, 0.717) is 96.7 Å². The zero-order chi connectivity index (χ0) is 57.3. The van der Waals surface area contributed by atoms with Gasteiger partial charge in [0.05, 0.1) is 10.8 Å². The Labute approximate surface area is 472 Å². The lowest BCUT2D eigenvalue weighted by Gasteiger charge is -2.36. The molecule has 83 heavy (non-hydrogen) atoms. The van der Waals surface area contributed by atoms with E-state index in [9.17, 15) is 0 Å². The van der Waals surface area contributed by atoms with Crippen molar-refractivity contribution in [2.75, 3.05) is 4.90 Å². The molecular formula is C72H43F8NO2. The number of para-hydroxylation sites is 1. The Hall–Kier alpha value is -10.3. The zero-order valence-electron chi connectivity index (χ0n) is 43.7. The highest BCUT2D eigenvalue weighted by Gasteiger charge is 2.52. The molecule has 2 aliphatic carbocycles. The SMILES string of the molecule is C=Cc1ccc(Oc2ccc(C3(c4c(F)cc(F)c(F)c4F)c4ccccc4-c4ccc(N(c5ccccc5)c5ccc6c(c5)C(c5ccc(Oc7ccc(C=C)cc7)cc5)(c5c(F)cc(F)c(F)c5F)c5ccccc5-6)cc43)cc2)cc1. The van der Waals surface area contributed by atoms with Gasteiger partial charge in [-0.3, -0.25) is 0 Å². The van der Waals surface area contributed by atoms with Gasteiger partial charge in [-0.2, -0.15) is 0 Å². The number of hydrogen-bond acceptors (Lipinski definition) is 3. The summed E-state index contributed by atoms with van der Waals surface area (Å²) in [5.74, 6) is -11.6. The van der Waals surface area contributed by atoms with Crippen molar-refractivity contribution in [3.63, 3.8) is 0 Å². The van der Waals surface area contributed by atoms with Gasteiger partial charge in [0, 0.05) is 40.3 Å². The van der Waals surface area contributed by atoms with Crippen molar-refractivity contribution < 1.29 is 44.6 Å². The average molecular weight is 1110 g/mol. The van der Waals surface area contributed by atoms with Crippen LogP contribution in [-0.2, 0) is 10.8 Å². The quantitative estimate of drug-likeness (QED) is 0.0652. The lowest BCUT2D eigenvalue weighted by molar-refractivity contribution is 0.416. The Morgan fingerprint density at radius 2 is 0.663 bits per heavy atom. The molecule has 0 heterocycles. The Morgan fingerprint density at radius 3 is 1.05 bits per heavy atom. The summed E-state index contributed by atoms with van der Waals surface area (Å²) < 4.78 is 143. The normalized spacial score (nSPS) is 15.4. The van der Waals surface area contributed by atoms with E-state index in [2.05, 4.69) is 13.2 Å². The molecule has 0 radical (unpaired) electrons. The fraction of sp³-hybridized carbons (Fsp3) is 0.0278. The second-order valence-electron chi connectivity index (χ2n) is 20.2. The molecule has 0 N–H and O–H groups in total. The fourth-order valence-corrected chi connectivity index (χ4v) is 12.3. The lowest BCUT2D eigenvalue weighted by atomic mass is 9.67. The van der Waals surface area contributed by atoms with Crippen LogP contribution in [0.5, 0.6) is 23.0 Å². The molecule has 2 unspecified atom stereocenters. The predicted molar refractivity (Wildman–Crippen MR) is 309 cm³/mol. The van der Waals surface area contributed by atoms with Gasteiger partial charge in [-0.15, -0.1) is 0 Å². The molecule has 3 nitrogen and oxygen atoms in total. The number of rotatable bonds is 13. The van der Waals surface area contributed by atoms with Crippen LogP contribution >= 0.6 is 0 Å². The lowest BCUT2D eigenvalue weighted by Crippen LogP contribution is -2.32. The number of hydrogen-bond donors (Lipinski definition) is 0. The van der Waals surface area contributed by atoms with Gasteiger partial charge in [0.25, 0.3) is 0 Å². The largest absolute Gasteiger partial charge is 0.457 e. The summed E-state index contributed by atoms with van der Waals surface area (Å²) in [5, 5.41) is 0. The van der Waals surface area contributed by atoms with Gasteiger partial charge >= 0.3 is 0 Å². The van der Waals surface area contributed by atoms with Crippen LogP contribution in [0.4, 0.5) is 52.2 Å². The van der Waals surface area contributed by atoms with E-state index in [4.69, 9.17) is 9.47 Å². The van der Waals surface area contributed by atoms with Crippen molar-refractivity contribution >= 4 is 29.2 Å². The van der Waals surface area contributed by atoms with E-state index in [0.717, 1.165) is 11.1 Å². The first-order valence-corrected chi connectivity index (χ1v) is 26.4. The smallest absolute Gasteiger partial charge is 0.194 e. The monoisotopic (exact) mass is 1110 g/mol. The van der Waals surface area contributed by atoms with Gasteiger partial charge in [0.15, 0.2) is 34.9 Å². The third-order valence-electron chi connectivity index (χ3n) is 15.8. The van der Waals surface area contributed by atoms with Crippen molar-refractivity contribution in [1.82, 2.24) is 0 Å². The minimum absolute atomic E-state index is 0.281. The molecule has 11 aromatic carbocycles.